The zero-order valence-electron chi connectivity index (χ0n) is 15.9. The molecule has 1 aliphatic rings. The molecule has 3 aromatic rings. The van der Waals surface area contributed by atoms with Crippen molar-refractivity contribution in [3.05, 3.63) is 59.7 Å². The van der Waals surface area contributed by atoms with Gasteiger partial charge in [0.25, 0.3) is 0 Å². The third kappa shape index (κ3) is 3.49. The van der Waals surface area contributed by atoms with Crippen molar-refractivity contribution >= 4 is 17.5 Å². The lowest BCUT2D eigenvalue weighted by molar-refractivity contribution is 0.415. The first-order valence-electron chi connectivity index (χ1n) is 8.87. The van der Waals surface area contributed by atoms with Crippen LogP contribution in [0.5, 0.6) is 5.75 Å². The van der Waals surface area contributed by atoms with Crippen LogP contribution in [0.25, 0.3) is 11.4 Å². The minimum Gasteiger partial charge on any atom is -0.497 e. The molecule has 0 radical (unpaired) electrons. The van der Waals surface area contributed by atoms with Gasteiger partial charge in [0.1, 0.15) is 5.75 Å². The molecule has 0 aliphatic carbocycles. The van der Waals surface area contributed by atoms with Crippen LogP contribution in [-0.2, 0) is 5.41 Å². The third-order valence-electron chi connectivity index (χ3n) is 4.58. The summed E-state index contributed by atoms with van der Waals surface area (Å²) in [5.74, 6) is 2.29. The lowest BCUT2D eigenvalue weighted by atomic mass is 9.86. The summed E-state index contributed by atoms with van der Waals surface area (Å²) in [5, 5.41) is 14.3. The van der Waals surface area contributed by atoms with E-state index < -0.39 is 0 Å². The molecule has 0 saturated carbocycles. The fraction of sp³-hybridized carbons (Fsp3) is 0.286. The maximum Gasteiger partial charge on any atom is 0.212 e. The van der Waals surface area contributed by atoms with Gasteiger partial charge in [0.05, 0.1) is 12.8 Å². The maximum absolute atomic E-state index is 5.33. The molecule has 1 aromatic heterocycles. The van der Waals surface area contributed by atoms with E-state index in [0.29, 0.717) is 0 Å². The Morgan fingerprint density at radius 1 is 1.00 bits per heavy atom. The lowest BCUT2D eigenvalue weighted by Crippen LogP contribution is -2.15. The second-order valence-corrected chi connectivity index (χ2v) is 8.46. The topological polar surface area (TPSA) is 52.3 Å². The Morgan fingerprint density at radius 3 is 2.48 bits per heavy atom. The molecular weight excluding hydrogens is 356 g/mol. The van der Waals surface area contributed by atoms with Crippen LogP contribution in [0.1, 0.15) is 31.9 Å². The summed E-state index contributed by atoms with van der Waals surface area (Å²) >= 11 is 1.65. The number of methoxy groups -OCH3 is 1. The van der Waals surface area contributed by atoms with Crippen molar-refractivity contribution < 1.29 is 4.74 Å². The van der Waals surface area contributed by atoms with E-state index in [1.54, 1.807) is 18.9 Å². The quantitative estimate of drug-likeness (QED) is 0.668. The normalized spacial score (nSPS) is 13.9. The second-order valence-electron chi connectivity index (χ2n) is 7.51. The molecule has 1 aliphatic heterocycles. The first-order valence-corrected chi connectivity index (χ1v) is 9.86. The van der Waals surface area contributed by atoms with Crippen LogP contribution < -0.4 is 4.74 Å². The molecule has 4 rings (SSSR count). The van der Waals surface area contributed by atoms with E-state index >= 15 is 0 Å². The molecule has 0 fully saturated rings. The fourth-order valence-corrected chi connectivity index (χ4v) is 3.81. The van der Waals surface area contributed by atoms with Crippen molar-refractivity contribution in [2.75, 3.05) is 12.9 Å². The number of fused-ring (bicyclic) bond motifs is 1. The molecule has 27 heavy (non-hydrogen) atoms. The van der Waals surface area contributed by atoms with Crippen LogP contribution in [0.4, 0.5) is 0 Å². The second kappa shape index (κ2) is 6.85. The Bertz CT molecular complexity index is 1000. The molecule has 0 amide bonds. The highest BCUT2D eigenvalue weighted by Crippen LogP contribution is 2.30. The average Bonchev–Trinajstić information content (AvgIpc) is 3.10. The molecular formula is C21H22N4OS. The largest absolute Gasteiger partial charge is 0.497 e. The number of rotatable bonds is 3. The van der Waals surface area contributed by atoms with E-state index in [1.165, 1.54) is 5.56 Å². The van der Waals surface area contributed by atoms with Crippen LogP contribution in [0.15, 0.2) is 58.8 Å². The fourth-order valence-electron chi connectivity index (χ4n) is 2.97. The third-order valence-corrected chi connectivity index (χ3v) is 5.51. The average molecular weight is 379 g/mol. The van der Waals surface area contributed by atoms with Gasteiger partial charge in [-0.3, -0.25) is 0 Å². The number of thioether (sulfide) groups is 1. The Hall–Kier alpha value is -2.60. The van der Waals surface area contributed by atoms with Crippen molar-refractivity contribution in [3.8, 4) is 17.1 Å². The summed E-state index contributed by atoms with van der Waals surface area (Å²) in [6, 6.07) is 16.5. The molecule has 5 nitrogen and oxygen atoms in total. The maximum atomic E-state index is 5.33. The number of benzene rings is 2. The summed E-state index contributed by atoms with van der Waals surface area (Å²) < 4.78 is 7.16. The molecule has 0 atom stereocenters. The van der Waals surface area contributed by atoms with Crippen molar-refractivity contribution in [1.82, 2.24) is 14.9 Å². The number of hydrogen-bond acceptors (Lipinski definition) is 5. The standard InChI is InChI=1S/C21H22N4OS/c1-21(2,3)16-10-8-14(9-11-16)18-13-27-20-23-22-19(25(20)24-18)15-6-5-7-17(12-15)26-4/h5-12H,13H2,1-4H3. The molecule has 0 N–H and O–H groups in total. The van der Waals surface area contributed by atoms with E-state index in [4.69, 9.17) is 9.84 Å². The molecule has 0 bridgehead atoms. The van der Waals surface area contributed by atoms with Gasteiger partial charge >= 0.3 is 0 Å². The first-order chi connectivity index (χ1) is 13.0. The number of nitrogens with zero attached hydrogens (tertiary/aromatic N) is 4. The van der Waals surface area contributed by atoms with E-state index in [0.717, 1.165) is 39.3 Å². The minimum atomic E-state index is 0.141. The number of hydrogen-bond donors (Lipinski definition) is 0. The highest BCUT2D eigenvalue weighted by molar-refractivity contribution is 7.99. The summed E-state index contributed by atoms with van der Waals surface area (Å²) in [4.78, 5) is 0. The van der Waals surface area contributed by atoms with Crippen LogP contribution in [0.2, 0.25) is 0 Å². The Labute approximate surface area is 163 Å². The van der Waals surface area contributed by atoms with Crippen molar-refractivity contribution in [3.63, 3.8) is 0 Å². The van der Waals surface area contributed by atoms with Gasteiger partial charge in [0.15, 0.2) is 5.82 Å². The zero-order valence-corrected chi connectivity index (χ0v) is 16.7. The van der Waals surface area contributed by atoms with Crippen molar-refractivity contribution in [1.29, 1.82) is 0 Å². The predicted molar refractivity (Wildman–Crippen MR) is 110 cm³/mol. The van der Waals surface area contributed by atoms with Gasteiger partial charge < -0.3 is 4.74 Å². The zero-order chi connectivity index (χ0) is 19.0. The number of ether oxygens (including phenoxy) is 1. The molecule has 2 aromatic carbocycles. The van der Waals surface area contributed by atoms with E-state index in [9.17, 15) is 0 Å². The van der Waals surface area contributed by atoms with Gasteiger partial charge in [-0.1, -0.05) is 68.9 Å². The van der Waals surface area contributed by atoms with Gasteiger partial charge in [0, 0.05) is 11.3 Å². The molecule has 6 heteroatoms. The SMILES string of the molecule is COc1cccc(-c2nnc3n2N=C(c2ccc(C(C)(C)C)cc2)CS3)c1. The smallest absolute Gasteiger partial charge is 0.212 e. The van der Waals surface area contributed by atoms with Gasteiger partial charge in [-0.05, 0) is 28.7 Å². The molecule has 0 spiro atoms. The van der Waals surface area contributed by atoms with Crippen LogP contribution in [0, 0.1) is 0 Å². The monoisotopic (exact) mass is 378 g/mol. The van der Waals surface area contributed by atoms with Gasteiger partial charge in [-0.25, -0.2) is 0 Å². The van der Waals surface area contributed by atoms with Gasteiger partial charge in [-0.2, -0.15) is 9.78 Å². The highest BCUT2D eigenvalue weighted by atomic mass is 32.2. The molecule has 2 heterocycles. The molecule has 138 valence electrons. The van der Waals surface area contributed by atoms with Gasteiger partial charge in [0.2, 0.25) is 5.16 Å². The van der Waals surface area contributed by atoms with E-state index in [1.807, 2.05) is 28.9 Å². The Balaban J connectivity index is 1.71. The predicted octanol–water partition coefficient (Wildman–Crippen LogP) is 4.61. The van der Waals surface area contributed by atoms with E-state index in [-0.39, 0.29) is 5.41 Å². The summed E-state index contributed by atoms with van der Waals surface area (Å²) in [7, 11) is 1.66. The summed E-state index contributed by atoms with van der Waals surface area (Å²) in [6.07, 6.45) is 0. The van der Waals surface area contributed by atoms with Crippen LogP contribution >= 0.6 is 11.8 Å². The lowest BCUT2D eigenvalue weighted by Gasteiger charge is -2.20. The van der Waals surface area contributed by atoms with Crippen molar-refractivity contribution in [2.45, 2.75) is 31.3 Å². The first kappa shape index (κ1) is 17.8. The summed E-state index contributed by atoms with van der Waals surface area (Å²) in [6.45, 7) is 6.67. The Kier molecular flexibility index (Phi) is 4.52. The minimum absolute atomic E-state index is 0.141. The number of aromatic nitrogens is 3. The van der Waals surface area contributed by atoms with E-state index in [2.05, 4.69) is 55.2 Å². The van der Waals surface area contributed by atoms with Crippen LogP contribution in [-0.4, -0.2) is 33.4 Å². The Morgan fingerprint density at radius 2 is 1.78 bits per heavy atom. The highest BCUT2D eigenvalue weighted by Gasteiger charge is 2.21. The van der Waals surface area contributed by atoms with Crippen LogP contribution in [0.3, 0.4) is 0 Å². The van der Waals surface area contributed by atoms with Crippen molar-refractivity contribution in [2.24, 2.45) is 5.10 Å². The molecule has 0 unspecified atom stereocenters. The van der Waals surface area contributed by atoms with Gasteiger partial charge in [-0.15, -0.1) is 10.2 Å². The summed E-state index contributed by atoms with van der Waals surface area (Å²) in [5.41, 5.74) is 4.55. The molecule has 0 saturated heterocycles.